The predicted octanol–water partition coefficient (Wildman–Crippen LogP) is 3.53. The van der Waals surface area contributed by atoms with Crippen molar-refractivity contribution in [2.24, 2.45) is 0 Å². The van der Waals surface area contributed by atoms with Crippen LogP contribution >= 0.6 is 0 Å². The molecule has 1 atom stereocenters. The molecule has 7 nitrogen and oxygen atoms in total. The van der Waals surface area contributed by atoms with Gasteiger partial charge in [0.15, 0.2) is 11.2 Å². The Morgan fingerprint density at radius 3 is 2.66 bits per heavy atom. The maximum atomic E-state index is 14.3. The summed E-state index contributed by atoms with van der Waals surface area (Å²) < 4.78 is 11.2. The molecule has 0 fully saturated rings. The first-order chi connectivity index (χ1) is 15.6. The number of rotatable bonds is 5. The summed E-state index contributed by atoms with van der Waals surface area (Å²) in [6.07, 6.45) is 1.63. The van der Waals surface area contributed by atoms with Crippen LogP contribution in [0.2, 0.25) is 0 Å². The lowest BCUT2D eigenvalue weighted by atomic mass is 9.74. The molecule has 1 spiro atoms. The molecule has 0 bridgehead atoms. The molecule has 1 amide bonds. The number of nitrogens with zero attached hydrogens (tertiary/aromatic N) is 2. The molecular weight excluding hydrogens is 406 g/mol. The van der Waals surface area contributed by atoms with Gasteiger partial charge in [0.1, 0.15) is 5.69 Å². The fraction of sp³-hybridized carbons (Fsp3) is 0.160. The molecule has 5 rings (SSSR count). The number of amides is 1. The number of benzene rings is 2. The van der Waals surface area contributed by atoms with Gasteiger partial charge in [-0.15, -0.1) is 6.58 Å². The molecule has 2 aliphatic rings. The van der Waals surface area contributed by atoms with Crippen LogP contribution in [0.5, 0.6) is 0 Å². The van der Waals surface area contributed by atoms with Crippen LogP contribution in [-0.2, 0) is 19.7 Å². The van der Waals surface area contributed by atoms with E-state index < -0.39 is 11.4 Å². The van der Waals surface area contributed by atoms with Gasteiger partial charge < -0.3 is 19.8 Å². The molecule has 7 heteroatoms. The molecule has 160 valence electrons. The normalized spacial score (nSPS) is 18.8. The zero-order valence-electron chi connectivity index (χ0n) is 17.5. The zero-order chi connectivity index (χ0) is 22.5. The molecule has 0 radical (unpaired) electrons. The van der Waals surface area contributed by atoms with Crippen LogP contribution in [0.15, 0.2) is 77.2 Å². The average molecular weight is 427 g/mol. The number of nitrogens with two attached hydrogens (primary N) is 1. The fourth-order valence-electron chi connectivity index (χ4n) is 4.75. The van der Waals surface area contributed by atoms with Crippen molar-refractivity contribution >= 4 is 23.6 Å². The number of ether oxygens (including phenoxy) is 1. The highest BCUT2D eigenvalue weighted by Gasteiger charge is 2.64. The topological polar surface area (TPSA) is 98.7 Å². The molecule has 2 heterocycles. The number of carbonyl (C=O) groups is 2. The summed E-state index contributed by atoms with van der Waals surface area (Å²) in [6, 6.07) is 16.6. The van der Waals surface area contributed by atoms with Crippen LogP contribution in [0.4, 0.5) is 6.01 Å². The largest absolute Gasteiger partial charge is 0.463 e. The summed E-state index contributed by atoms with van der Waals surface area (Å²) in [7, 11) is 0. The average Bonchev–Trinajstić information content (AvgIpc) is 3.39. The third-order valence-corrected chi connectivity index (χ3v) is 5.86. The Bertz CT molecular complexity index is 1290. The number of nitrogen functional groups attached to an aromatic ring is 1. The molecule has 32 heavy (non-hydrogen) atoms. The highest BCUT2D eigenvalue weighted by molar-refractivity contribution is 6.20. The predicted molar refractivity (Wildman–Crippen MR) is 119 cm³/mol. The van der Waals surface area contributed by atoms with Gasteiger partial charge in [-0.25, -0.2) is 4.79 Å². The van der Waals surface area contributed by atoms with Crippen molar-refractivity contribution in [2.75, 3.05) is 18.9 Å². The van der Waals surface area contributed by atoms with E-state index >= 15 is 0 Å². The van der Waals surface area contributed by atoms with E-state index in [1.165, 1.54) is 0 Å². The molecular formula is C25H21N3O4. The number of hydrogen-bond donors (Lipinski definition) is 1. The van der Waals surface area contributed by atoms with Gasteiger partial charge in [-0.05, 0) is 18.1 Å². The van der Waals surface area contributed by atoms with Gasteiger partial charge in [-0.2, -0.15) is 4.98 Å². The monoisotopic (exact) mass is 427 g/mol. The van der Waals surface area contributed by atoms with Gasteiger partial charge in [0.25, 0.3) is 6.01 Å². The second-order valence-electron chi connectivity index (χ2n) is 7.54. The Kier molecular flexibility index (Phi) is 4.48. The van der Waals surface area contributed by atoms with E-state index in [2.05, 4.69) is 11.6 Å². The first kappa shape index (κ1) is 19.8. The SMILES string of the molecule is C=CCN1C(=O)[C@@]2(C(C(=O)OCC)=C1c1ccccc1)c1ccccc1-c1oc(N)nc12. The van der Waals surface area contributed by atoms with Crippen molar-refractivity contribution in [2.45, 2.75) is 12.3 Å². The van der Waals surface area contributed by atoms with Crippen molar-refractivity contribution in [3.8, 4) is 11.3 Å². The van der Waals surface area contributed by atoms with Crippen molar-refractivity contribution in [3.05, 3.63) is 89.6 Å². The smallest absolute Gasteiger partial charge is 0.338 e. The van der Waals surface area contributed by atoms with Gasteiger partial charge >= 0.3 is 5.97 Å². The van der Waals surface area contributed by atoms with Crippen molar-refractivity contribution < 1.29 is 18.7 Å². The van der Waals surface area contributed by atoms with Gasteiger partial charge in [-0.3, -0.25) is 4.79 Å². The number of hydrogen-bond acceptors (Lipinski definition) is 6. The number of anilines is 1. The summed E-state index contributed by atoms with van der Waals surface area (Å²) >= 11 is 0. The van der Waals surface area contributed by atoms with Crippen LogP contribution in [0.25, 0.3) is 17.0 Å². The van der Waals surface area contributed by atoms with Gasteiger partial charge in [0, 0.05) is 12.1 Å². The van der Waals surface area contributed by atoms with E-state index in [1.54, 1.807) is 17.9 Å². The van der Waals surface area contributed by atoms with Crippen LogP contribution in [-0.4, -0.2) is 34.9 Å². The zero-order valence-corrected chi connectivity index (χ0v) is 17.5. The molecule has 2 N–H and O–H groups in total. The van der Waals surface area contributed by atoms with Crippen LogP contribution in [0, 0.1) is 0 Å². The number of oxazole rings is 1. The maximum Gasteiger partial charge on any atom is 0.338 e. The van der Waals surface area contributed by atoms with E-state index in [0.717, 1.165) is 0 Å². The van der Waals surface area contributed by atoms with Crippen molar-refractivity contribution in [3.63, 3.8) is 0 Å². The number of esters is 1. The highest BCUT2D eigenvalue weighted by Crippen LogP contribution is 2.59. The fourth-order valence-corrected chi connectivity index (χ4v) is 4.75. The molecule has 1 aliphatic heterocycles. The lowest BCUT2D eigenvalue weighted by molar-refractivity contribution is -0.140. The van der Waals surface area contributed by atoms with E-state index in [-0.39, 0.29) is 30.6 Å². The Morgan fingerprint density at radius 1 is 1.22 bits per heavy atom. The second kappa shape index (κ2) is 7.23. The minimum absolute atomic E-state index is 0.0664. The van der Waals surface area contributed by atoms with E-state index in [9.17, 15) is 9.59 Å². The summed E-state index contributed by atoms with van der Waals surface area (Å²) in [5, 5.41) is 0. The summed E-state index contributed by atoms with van der Waals surface area (Å²) in [6.45, 7) is 5.91. The number of fused-ring (bicyclic) bond motifs is 5. The first-order valence-corrected chi connectivity index (χ1v) is 10.3. The van der Waals surface area contributed by atoms with Crippen molar-refractivity contribution in [1.29, 1.82) is 0 Å². The maximum absolute atomic E-state index is 14.3. The Balaban J connectivity index is 1.93. The van der Waals surface area contributed by atoms with E-state index in [4.69, 9.17) is 14.9 Å². The molecule has 1 aromatic heterocycles. The number of carbonyl (C=O) groups excluding carboxylic acids is 2. The summed E-state index contributed by atoms with van der Waals surface area (Å²) in [5.41, 5.74) is 7.38. The minimum atomic E-state index is -1.52. The lowest BCUT2D eigenvalue weighted by Gasteiger charge is -2.26. The quantitative estimate of drug-likeness (QED) is 0.494. The molecule has 1 aliphatic carbocycles. The molecule has 0 unspecified atom stereocenters. The Morgan fingerprint density at radius 2 is 1.94 bits per heavy atom. The third kappa shape index (κ3) is 2.45. The molecule has 0 saturated carbocycles. The van der Waals surface area contributed by atoms with E-state index in [1.807, 2.05) is 54.6 Å². The van der Waals surface area contributed by atoms with Crippen LogP contribution < -0.4 is 5.73 Å². The molecule has 3 aromatic rings. The van der Waals surface area contributed by atoms with Crippen LogP contribution in [0.1, 0.15) is 23.7 Å². The standard InChI is InChI=1S/C25H21N3O4/c1-3-14-28-19(15-10-6-5-7-11-15)18(22(29)31-4-2)25(23(28)30)17-13-9-8-12-16(17)20-21(25)27-24(26)32-20/h3,5-13H,1,4,14H2,2H3,(H2,26,27)/t25-/m1/s1. The Hall–Kier alpha value is -4.13. The third-order valence-electron chi connectivity index (χ3n) is 5.86. The molecule has 0 saturated heterocycles. The minimum Gasteiger partial charge on any atom is -0.463 e. The Labute approximate surface area is 184 Å². The van der Waals surface area contributed by atoms with Gasteiger partial charge in [0.05, 0.1) is 17.9 Å². The number of aromatic nitrogens is 1. The highest BCUT2D eigenvalue weighted by atomic mass is 16.5. The summed E-state index contributed by atoms with van der Waals surface area (Å²) in [4.78, 5) is 33.8. The van der Waals surface area contributed by atoms with Gasteiger partial charge in [0.2, 0.25) is 5.91 Å². The lowest BCUT2D eigenvalue weighted by Crippen LogP contribution is -2.42. The van der Waals surface area contributed by atoms with Gasteiger partial charge in [-0.1, -0.05) is 60.7 Å². The summed E-state index contributed by atoms with van der Waals surface area (Å²) in [5.74, 6) is -0.518. The van der Waals surface area contributed by atoms with Crippen molar-refractivity contribution in [1.82, 2.24) is 9.88 Å². The molecule has 2 aromatic carbocycles. The first-order valence-electron chi connectivity index (χ1n) is 10.3. The van der Waals surface area contributed by atoms with E-state index in [0.29, 0.717) is 33.8 Å². The van der Waals surface area contributed by atoms with Crippen LogP contribution in [0.3, 0.4) is 0 Å². The second-order valence-corrected chi connectivity index (χ2v) is 7.54.